The average Bonchev–Trinajstić information content (AvgIpc) is 2.86. The molecule has 0 spiro atoms. The lowest BCUT2D eigenvalue weighted by atomic mass is 10.1. The Kier molecular flexibility index (Phi) is 7.12. The summed E-state index contributed by atoms with van der Waals surface area (Å²) in [5.74, 6) is -0.172. The van der Waals surface area contributed by atoms with Crippen molar-refractivity contribution in [2.24, 2.45) is 0 Å². The van der Waals surface area contributed by atoms with Crippen molar-refractivity contribution in [1.82, 2.24) is 19.5 Å². The molecule has 0 saturated carbocycles. The van der Waals surface area contributed by atoms with Crippen LogP contribution in [0.3, 0.4) is 0 Å². The highest BCUT2D eigenvalue weighted by Gasteiger charge is 2.13. The third kappa shape index (κ3) is 4.96. The highest BCUT2D eigenvalue weighted by atomic mass is 35.5. The second-order valence-electron chi connectivity index (χ2n) is 7.68. The molecule has 2 heterocycles. The quantitative estimate of drug-likeness (QED) is 0.322. The molecule has 0 bridgehead atoms. The first kappa shape index (κ1) is 24.6. The molecule has 182 valence electrons. The number of rotatable bonds is 3. The molecular formula is C26H22ClFN6O2. The van der Waals surface area contributed by atoms with Crippen LogP contribution in [0.1, 0.15) is 12.7 Å². The molecule has 0 aliphatic carbocycles. The second-order valence-corrected chi connectivity index (χ2v) is 8.09. The molecular weight excluding hydrogens is 483 g/mol. The minimum Gasteiger partial charge on any atom is -0.505 e. The zero-order chi connectivity index (χ0) is 25.8. The van der Waals surface area contributed by atoms with E-state index in [4.69, 9.17) is 23.1 Å². The average molecular weight is 505 g/mol. The van der Waals surface area contributed by atoms with Gasteiger partial charge in [-0.05, 0) is 42.0 Å². The van der Waals surface area contributed by atoms with Gasteiger partial charge in [-0.15, -0.1) is 0 Å². The van der Waals surface area contributed by atoms with E-state index >= 15 is 0 Å². The van der Waals surface area contributed by atoms with Crippen LogP contribution in [0.15, 0.2) is 77.7 Å². The van der Waals surface area contributed by atoms with E-state index in [2.05, 4.69) is 15.0 Å². The van der Waals surface area contributed by atoms with Gasteiger partial charge in [0.1, 0.15) is 11.6 Å². The van der Waals surface area contributed by atoms with Gasteiger partial charge in [-0.1, -0.05) is 48.9 Å². The summed E-state index contributed by atoms with van der Waals surface area (Å²) >= 11 is 6.16. The molecule has 0 aliphatic rings. The molecule has 0 fully saturated rings. The van der Waals surface area contributed by atoms with E-state index in [1.807, 2.05) is 49.4 Å². The Hall–Kier alpha value is -4.50. The summed E-state index contributed by atoms with van der Waals surface area (Å²) in [6.45, 7) is 1.98. The lowest BCUT2D eigenvalue weighted by Crippen LogP contribution is -2.23. The van der Waals surface area contributed by atoms with E-state index < -0.39 is 11.6 Å². The Labute approximate surface area is 210 Å². The van der Waals surface area contributed by atoms with Crippen LogP contribution in [0.2, 0.25) is 5.02 Å². The second kappa shape index (κ2) is 10.4. The van der Waals surface area contributed by atoms with Gasteiger partial charge in [0.25, 0.3) is 5.56 Å². The Morgan fingerprint density at radius 1 is 1.03 bits per heavy atom. The number of nitrogens with two attached hydrogens (primary N) is 2. The van der Waals surface area contributed by atoms with Crippen molar-refractivity contribution in [3.63, 3.8) is 0 Å². The minimum absolute atomic E-state index is 0.0626. The predicted octanol–water partition coefficient (Wildman–Crippen LogP) is 4.75. The minimum atomic E-state index is -0.696. The number of benzene rings is 3. The molecule has 0 saturated heterocycles. The molecule has 10 heteroatoms. The molecule has 2 aromatic heterocycles. The van der Waals surface area contributed by atoms with Crippen LogP contribution in [0.25, 0.3) is 27.7 Å². The number of aromatic hydroxyl groups is 1. The number of nitrogens with zero attached hydrogens (tertiary/aromatic N) is 4. The fourth-order valence-electron chi connectivity index (χ4n) is 3.63. The smallest absolute Gasteiger partial charge is 0.267 e. The Morgan fingerprint density at radius 2 is 1.78 bits per heavy atom. The van der Waals surface area contributed by atoms with Crippen molar-refractivity contribution in [2.45, 2.75) is 13.3 Å². The third-order valence-electron chi connectivity index (χ3n) is 5.34. The molecule has 5 rings (SSSR count). The summed E-state index contributed by atoms with van der Waals surface area (Å²) in [6, 6.07) is 18.7. The van der Waals surface area contributed by atoms with Crippen LogP contribution in [-0.4, -0.2) is 24.6 Å². The molecule has 0 radical (unpaired) electrons. The molecule has 0 amide bonds. The summed E-state index contributed by atoms with van der Waals surface area (Å²) in [6.07, 6.45) is 2.09. The largest absolute Gasteiger partial charge is 0.505 e. The normalized spacial score (nSPS) is 10.6. The summed E-state index contributed by atoms with van der Waals surface area (Å²) < 4.78 is 14.5. The number of halogens is 2. The van der Waals surface area contributed by atoms with E-state index in [1.54, 1.807) is 10.6 Å². The Balaban J connectivity index is 0.000000174. The maximum absolute atomic E-state index is 12.8. The number of aromatic nitrogens is 4. The van der Waals surface area contributed by atoms with E-state index in [1.165, 1.54) is 18.3 Å². The summed E-state index contributed by atoms with van der Waals surface area (Å²) in [4.78, 5) is 24.9. The van der Waals surface area contributed by atoms with Crippen LogP contribution >= 0.6 is 11.6 Å². The number of phenolic OH excluding ortho intramolecular Hbond substituents is 1. The monoisotopic (exact) mass is 504 g/mol. The van der Waals surface area contributed by atoms with E-state index in [-0.39, 0.29) is 17.3 Å². The van der Waals surface area contributed by atoms with Gasteiger partial charge in [0.2, 0.25) is 5.95 Å². The van der Waals surface area contributed by atoms with Gasteiger partial charge in [0, 0.05) is 18.2 Å². The third-order valence-corrected chi connectivity index (χ3v) is 5.66. The molecule has 0 atom stereocenters. The highest BCUT2D eigenvalue weighted by molar-refractivity contribution is 6.35. The van der Waals surface area contributed by atoms with E-state index in [0.29, 0.717) is 33.5 Å². The van der Waals surface area contributed by atoms with Crippen molar-refractivity contribution in [3.8, 4) is 22.6 Å². The number of hydrogen-bond donors (Lipinski definition) is 3. The first-order valence-electron chi connectivity index (χ1n) is 10.9. The van der Waals surface area contributed by atoms with Crippen LogP contribution in [0.4, 0.5) is 16.2 Å². The summed E-state index contributed by atoms with van der Waals surface area (Å²) in [5, 5.41) is 10.1. The zero-order valence-electron chi connectivity index (χ0n) is 19.2. The molecule has 0 unspecified atom stereocenters. The maximum Gasteiger partial charge on any atom is 0.267 e. The molecule has 36 heavy (non-hydrogen) atoms. The van der Waals surface area contributed by atoms with Crippen molar-refractivity contribution in [3.05, 3.63) is 99.9 Å². The van der Waals surface area contributed by atoms with Crippen molar-refractivity contribution in [2.75, 3.05) is 11.5 Å². The summed E-state index contributed by atoms with van der Waals surface area (Å²) in [7, 11) is 0. The fraction of sp³-hybridized carbons (Fsp3) is 0.0769. The Morgan fingerprint density at radius 3 is 2.44 bits per heavy atom. The molecule has 3 aromatic carbocycles. The van der Waals surface area contributed by atoms with E-state index in [0.717, 1.165) is 17.6 Å². The number of para-hydroxylation sites is 1. The lowest BCUT2D eigenvalue weighted by molar-refractivity contribution is 0.433. The van der Waals surface area contributed by atoms with Gasteiger partial charge >= 0.3 is 0 Å². The van der Waals surface area contributed by atoms with Gasteiger partial charge in [-0.3, -0.25) is 9.36 Å². The van der Waals surface area contributed by atoms with Crippen LogP contribution in [0.5, 0.6) is 5.75 Å². The van der Waals surface area contributed by atoms with Crippen molar-refractivity contribution in [1.29, 1.82) is 0 Å². The topological polar surface area (TPSA) is 133 Å². The van der Waals surface area contributed by atoms with E-state index in [9.17, 15) is 14.3 Å². The van der Waals surface area contributed by atoms with Crippen LogP contribution in [0, 0.1) is 5.82 Å². The number of aryl methyl sites for hydroxylation is 1. The number of anilines is 2. The standard InChI is InChI=1S/C16H13ClN2O.C10H9FN4O/c1-2-14-18-13-10-6-9-12(17)15(13)16(20)19(14)11-7-4-3-5-8-11;11-7-2-1-5(3-8(7)16)6-4-14-10(13)15-9(6)12/h3-10H,2H2,1H3;1-4,16H,(H4,12,13,14,15). The first-order valence-corrected chi connectivity index (χ1v) is 11.3. The van der Waals surface area contributed by atoms with Gasteiger partial charge in [-0.2, -0.15) is 4.98 Å². The van der Waals surface area contributed by atoms with Gasteiger partial charge in [-0.25, -0.2) is 14.4 Å². The number of hydrogen-bond acceptors (Lipinski definition) is 7. The Bertz CT molecular complexity index is 1610. The number of phenols is 1. The van der Waals surface area contributed by atoms with Crippen molar-refractivity contribution >= 4 is 34.3 Å². The van der Waals surface area contributed by atoms with Crippen molar-refractivity contribution < 1.29 is 9.50 Å². The molecule has 8 nitrogen and oxygen atoms in total. The highest BCUT2D eigenvalue weighted by Crippen LogP contribution is 2.28. The summed E-state index contributed by atoms with van der Waals surface area (Å²) in [5.41, 5.74) is 13.3. The molecule has 0 aliphatic heterocycles. The lowest BCUT2D eigenvalue weighted by Gasteiger charge is -2.12. The predicted molar refractivity (Wildman–Crippen MR) is 140 cm³/mol. The van der Waals surface area contributed by atoms with Gasteiger partial charge < -0.3 is 16.6 Å². The fourth-order valence-corrected chi connectivity index (χ4v) is 3.88. The van der Waals surface area contributed by atoms with Gasteiger partial charge in [0.15, 0.2) is 11.6 Å². The number of nitrogen functional groups attached to an aromatic ring is 2. The molecule has 5 N–H and O–H groups in total. The SMILES string of the molecule is CCc1nc2cccc(Cl)c2c(=O)n1-c1ccccc1.Nc1ncc(-c2ccc(F)c(O)c2)c(N)n1. The number of fused-ring (bicyclic) bond motifs is 1. The van der Waals surface area contributed by atoms with Crippen LogP contribution in [-0.2, 0) is 6.42 Å². The molecule has 5 aromatic rings. The van der Waals surface area contributed by atoms with Gasteiger partial charge in [0.05, 0.1) is 21.6 Å². The maximum atomic E-state index is 12.8. The first-order chi connectivity index (χ1) is 17.3. The zero-order valence-corrected chi connectivity index (χ0v) is 19.9. The van der Waals surface area contributed by atoms with Crippen LogP contribution < -0.4 is 17.0 Å².